The van der Waals surface area contributed by atoms with Gasteiger partial charge in [-0.25, -0.2) is 0 Å². The van der Waals surface area contributed by atoms with Gasteiger partial charge in [-0.2, -0.15) is 0 Å². The van der Waals surface area contributed by atoms with Crippen LogP contribution in [-0.2, 0) is 0 Å². The van der Waals surface area contributed by atoms with Crippen LogP contribution in [0.15, 0.2) is 95.6 Å². The molecular formula is C24H15NO. The Kier molecular flexibility index (Phi) is 2.64. The van der Waals surface area contributed by atoms with Crippen LogP contribution in [-0.4, -0.2) is 4.57 Å². The summed E-state index contributed by atoms with van der Waals surface area (Å²) >= 11 is 0. The Balaban J connectivity index is 1.79. The van der Waals surface area contributed by atoms with Crippen LogP contribution in [0.25, 0.3) is 49.2 Å². The van der Waals surface area contributed by atoms with E-state index in [1.165, 1.54) is 38.3 Å². The zero-order chi connectivity index (χ0) is 17.1. The molecule has 4 aromatic carbocycles. The Morgan fingerprint density at radius 2 is 1.42 bits per heavy atom. The van der Waals surface area contributed by atoms with Crippen molar-refractivity contribution in [2.24, 2.45) is 0 Å². The lowest BCUT2D eigenvalue weighted by molar-refractivity contribution is 0.616. The summed E-state index contributed by atoms with van der Waals surface area (Å²) in [5.41, 5.74) is 4.47. The van der Waals surface area contributed by atoms with E-state index in [-0.39, 0.29) is 0 Å². The summed E-state index contributed by atoms with van der Waals surface area (Å²) in [4.78, 5) is 0. The van der Waals surface area contributed by atoms with Gasteiger partial charge < -0.3 is 8.98 Å². The first-order valence-electron chi connectivity index (χ1n) is 8.78. The number of benzene rings is 4. The van der Waals surface area contributed by atoms with Crippen molar-refractivity contribution in [3.63, 3.8) is 0 Å². The second-order valence-corrected chi connectivity index (χ2v) is 6.71. The lowest BCUT2D eigenvalue weighted by Gasteiger charge is -2.09. The number of hydrogen-bond donors (Lipinski definition) is 0. The minimum absolute atomic E-state index is 0.919. The molecule has 122 valence electrons. The molecule has 6 aromatic rings. The molecule has 0 aliphatic heterocycles. The topological polar surface area (TPSA) is 18.1 Å². The predicted octanol–water partition coefficient (Wildman–Crippen LogP) is 6.68. The number of furan rings is 1. The maximum Gasteiger partial charge on any atom is 0.135 e. The first kappa shape index (κ1) is 13.7. The molecule has 0 radical (unpaired) electrons. The van der Waals surface area contributed by atoms with Crippen LogP contribution in [0.1, 0.15) is 0 Å². The maximum absolute atomic E-state index is 5.67. The monoisotopic (exact) mass is 333 g/mol. The molecule has 26 heavy (non-hydrogen) atoms. The van der Waals surface area contributed by atoms with Gasteiger partial charge in [-0.1, -0.05) is 48.5 Å². The maximum atomic E-state index is 5.67. The summed E-state index contributed by atoms with van der Waals surface area (Å²) < 4.78 is 8.00. The van der Waals surface area contributed by atoms with Gasteiger partial charge in [0.2, 0.25) is 0 Å². The first-order valence-corrected chi connectivity index (χ1v) is 8.78. The summed E-state index contributed by atoms with van der Waals surface area (Å²) in [6.45, 7) is 0. The number of nitrogens with zero attached hydrogens (tertiary/aromatic N) is 1. The molecule has 0 spiro atoms. The highest BCUT2D eigenvalue weighted by atomic mass is 16.3. The Morgan fingerprint density at radius 3 is 2.38 bits per heavy atom. The number of rotatable bonds is 1. The Hall–Kier alpha value is -3.52. The van der Waals surface area contributed by atoms with Crippen LogP contribution in [0, 0.1) is 0 Å². The van der Waals surface area contributed by atoms with Gasteiger partial charge in [0.25, 0.3) is 0 Å². The van der Waals surface area contributed by atoms with Crippen molar-refractivity contribution in [1.82, 2.24) is 4.57 Å². The molecule has 0 amide bonds. The molecule has 6 rings (SSSR count). The van der Waals surface area contributed by atoms with Gasteiger partial charge in [0.05, 0.1) is 17.3 Å². The molecule has 0 bridgehead atoms. The Morgan fingerprint density at radius 1 is 0.577 bits per heavy atom. The fraction of sp³-hybridized carbons (Fsp3) is 0. The van der Waals surface area contributed by atoms with E-state index < -0.39 is 0 Å². The van der Waals surface area contributed by atoms with Crippen LogP contribution < -0.4 is 0 Å². The molecule has 0 saturated carbocycles. The van der Waals surface area contributed by atoms with Gasteiger partial charge in [0.15, 0.2) is 0 Å². The molecule has 0 fully saturated rings. The third-order valence-electron chi connectivity index (χ3n) is 5.24. The zero-order valence-electron chi connectivity index (χ0n) is 14.0. The van der Waals surface area contributed by atoms with Crippen LogP contribution in [0.3, 0.4) is 0 Å². The molecule has 2 nitrogen and oxygen atoms in total. The van der Waals surface area contributed by atoms with Gasteiger partial charge >= 0.3 is 0 Å². The van der Waals surface area contributed by atoms with E-state index in [1.807, 2.05) is 6.07 Å². The average Bonchev–Trinajstić information content (AvgIpc) is 3.27. The Labute approximate surface area is 149 Å². The van der Waals surface area contributed by atoms with E-state index in [0.717, 1.165) is 11.0 Å². The van der Waals surface area contributed by atoms with Crippen molar-refractivity contribution >= 4 is 43.5 Å². The zero-order valence-corrected chi connectivity index (χ0v) is 14.0. The normalized spacial score (nSPS) is 11.8. The van der Waals surface area contributed by atoms with E-state index >= 15 is 0 Å². The minimum Gasteiger partial charge on any atom is -0.464 e. The van der Waals surface area contributed by atoms with Gasteiger partial charge in [-0.05, 0) is 41.1 Å². The molecule has 0 N–H and O–H groups in total. The standard InChI is InChI=1S/C24H15NO/c1-2-6-17-13-19(10-9-16(17)5-1)25-22-8-4-3-7-20(22)21-14-18-11-12-26-24(18)15-23(21)25/h1-15H. The summed E-state index contributed by atoms with van der Waals surface area (Å²) in [6, 6.07) is 30.1. The van der Waals surface area contributed by atoms with Crippen LogP contribution >= 0.6 is 0 Å². The van der Waals surface area contributed by atoms with E-state index in [2.05, 4.69) is 83.4 Å². The van der Waals surface area contributed by atoms with Gasteiger partial charge in [0.1, 0.15) is 5.58 Å². The van der Waals surface area contributed by atoms with Gasteiger partial charge in [-0.3, -0.25) is 0 Å². The lowest BCUT2D eigenvalue weighted by Crippen LogP contribution is -1.93. The van der Waals surface area contributed by atoms with Crippen molar-refractivity contribution in [3.8, 4) is 5.69 Å². The van der Waals surface area contributed by atoms with Crippen molar-refractivity contribution < 1.29 is 4.42 Å². The average molecular weight is 333 g/mol. The Bertz CT molecular complexity index is 1430. The molecule has 2 heterocycles. The van der Waals surface area contributed by atoms with E-state index in [1.54, 1.807) is 6.26 Å². The SMILES string of the molecule is c1ccc2cc(-n3c4ccccc4c4cc5ccoc5cc43)ccc2c1. The predicted molar refractivity (Wildman–Crippen MR) is 108 cm³/mol. The van der Waals surface area contributed by atoms with Crippen LogP contribution in [0.2, 0.25) is 0 Å². The number of para-hydroxylation sites is 1. The van der Waals surface area contributed by atoms with Crippen LogP contribution in [0.5, 0.6) is 0 Å². The summed E-state index contributed by atoms with van der Waals surface area (Å²) in [6.07, 6.45) is 1.76. The minimum atomic E-state index is 0.919. The third kappa shape index (κ3) is 1.81. The highest BCUT2D eigenvalue weighted by Gasteiger charge is 2.14. The third-order valence-corrected chi connectivity index (χ3v) is 5.24. The molecule has 0 unspecified atom stereocenters. The molecule has 0 saturated heterocycles. The molecule has 2 heteroatoms. The fourth-order valence-electron chi connectivity index (χ4n) is 4.02. The van der Waals surface area contributed by atoms with E-state index in [0.29, 0.717) is 0 Å². The smallest absolute Gasteiger partial charge is 0.135 e. The van der Waals surface area contributed by atoms with Crippen molar-refractivity contribution in [2.45, 2.75) is 0 Å². The molecular weight excluding hydrogens is 318 g/mol. The largest absolute Gasteiger partial charge is 0.464 e. The van der Waals surface area contributed by atoms with E-state index in [4.69, 9.17) is 4.42 Å². The number of hydrogen-bond acceptors (Lipinski definition) is 1. The first-order chi connectivity index (χ1) is 12.9. The second kappa shape index (κ2) is 4.99. The van der Waals surface area contributed by atoms with Gasteiger partial charge in [-0.15, -0.1) is 0 Å². The molecule has 0 atom stereocenters. The fourth-order valence-corrected chi connectivity index (χ4v) is 4.02. The van der Waals surface area contributed by atoms with Gasteiger partial charge in [0, 0.05) is 27.9 Å². The summed E-state index contributed by atoms with van der Waals surface area (Å²) in [7, 11) is 0. The van der Waals surface area contributed by atoms with Crippen molar-refractivity contribution in [3.05, 3.63) is 91.2 Å². The van der Waals surface area contributed by atoms with Crippen molar-refractivity contribution in [1.29, 1.82) is 0 Å². The molecule has 0 aliphatic carbocycles. The number of fused-ring (bicyclic) bond motifs is 5. The summed E-state index contributed by atoms with van der Waals surface area (Å²) in [5, 5.41) is 6.15. The van der Waals surface area contributed by atoms with Crippen LogP contribution in [0.4, 0.5) is 0 Å². The summed E-state index contributed by atoms with van der Waals surface area (Å²) in [5.74, 6) is 0. The number of aromatic nitrogens is 1. The highest BCUT2D eigenvalue weighted by molar-refractivity contribution is 6.13. The molecule has 0 aliphatic rings. The highest BCUT2D eigenvalue weighted by Crippen LogP contribution is 2.35. The van der Waals surface area contributed by atoms with E-state index in [9.17, 15) is 0 Å². The molecule has 2 aromatic heterocycles. The second-order valence-electron chi connectivity index (χ2n) is 6.71. The quantitative estimate of drug-likeness (QED) is 0.328. The lowest BCUT2D eigenvalue weighted by atomic mass is 10.1. The van der Waals surface area contributed by atoms with Crippen molar-refractivity contribution in [2.75, 3.05) is 0 Å².